The molecule has 2 amide bonds. The number of amides is 2. The first-order chi connectivity index (χ1) is 13.8. The number of nitrogens with zero attached hydrogens (tertiary/aromatic N) is 1. The lowest BCUT2D eigenvalue weighted by atomic mass is 10.0. The van der Waals surface area contributed by atoms with Gasteiger partial charge in [0.1, 0.15) is 12.3 Å². The minimum atomic E-state index is -0.851. The van der Waals surface area contributed by atoms with Crippen molar-refractivity contribution < 1.29 is 23.9 Å². The summed E-state index contributed by atoms with van der Waals surface area (Å²) in [6, 6.07) is 5.63. The van der Waals surface area contributed by atoms with Gasteiger partial charge in [-0.3, -0.25) is 19.3 Å². The van der Waals surface area contributed by atoms with E-state index in [1.807, 2.05) is 26.8 Å². The third kappa shape index (κ3) is 5.49. The van der Waals surface area contributed by atoms with Crippen LogP contribution in [0.15, 0.2) is 18.2 Å². The average Bonchev–Trinajstić information content (AvgIpc) is 3.16. The molecule has 0 aromatic heterocycles. The van der Waals surface area contributed by atoms with Crippen molar-refractivity contribution in [1.82, 2.24) is 5.32 Å². The van der Waals surface area contributed by atoms with E-state index < -0.39 is 12.1 Å². The maximum Gasteiger partial charge on any atom is 0.326 e. The van der Waals surface area contributed by atoms with Gasteiger partial charge in [-0.1, -0.05) is 32.8 Å². The lowest BCUT2D eigenvalue weighted by molar-refractivity contribution is -0.156. The Hall–Kier alpha value is -2.57. The van der Waals surface area contributed by atoms with Crippen LogP contribution in [0.4, 0.5) is 5.69 Å². The smallest absolute Gasteiger partial charge is 0.326 e. The van der Waals surface area contributed by atoms with Crippen LogP contribution in [0.2, 0.25) is 0 Å². The van der Waals surface area contributed by atoms with Crippen LogP contribution < -0.4 is 15.0 Å². The summed E-state index contributed by atoms with van der Waals surface area (Å²) in [7, 11) is 0. The van der Waals surface area contributed by atoms with Crippen molar-refractivity contribution in [2.24, 2.45) is 5.92 Å². The fraction of sp³-hybridized carbons (Fsp3) is 0.591. The number of carbonyl (C=O) groups is 3. The summed E-state index contributed by atoms with van der Waals surface area (Å²) in [6.45, 7) is 5.50. The Morgan fingerprint density at radius 1 is 1.28 bits per heavy atom. The number of ether oxygens (including phenoxy) is 2. The number of hydrogen-bond donors (Lipinski definition) is 1. The first kappa shape index (κ1) is 21.1. The highest BCUT2D eigenvalue weighted by atomic mass is 16.5. The Balaban J connectivity index is 1.67. The highest BCUT2D eigenvalue weighted by Crippen LogP contribution is 2.32. The molecule has 2 aliphatic rings. The topological polar surface area (TPSA) is 84.9 Å². The van der Waals surface area contributed by atoms with E-state index in [9.17, 15) is 14.4 Å². The maximum absolute atomic E-state index is 12.7. The quantitative estimate of drug-likeness (QED) is 0.709. The number of carbonyl (C=O) groups excluding carboxylic acids is 3. The zero-order chi connectivity index (χ0) is 21.0. The molecular formula is C22H30N2O5. The Morgan fingerprint density at radius 2 is 2.00 bits per heavy atom. The molecule has 158 valence electrons. The molecule has 0 radical (unpaired) electrons. The van der Waals surface area contributed by atoms with Crippen LogP contribution in [-0.2, 0) is 19.1 Å². The summed E-state index contributed by atoms with van der Waals surface area (Å²) >= 11 is 0. The molecule has 0 bridgehead atoms. The Kier molecular flexibility index (Phi) is 6.77. The molecule has 0 saturated heterocycles. The van der Waals surface area contributed by atoms with Crippen molar-refractivity contribution >= 4 is 23.5 Å². The second-order valence-electron chi connectivity index (χ2n) is 8.34. The maximum atomic E-state index is 12.7. The van der Waals surface area contributed by atoms with Crippen LogP contribution >= 0.6 is 0 Å². The summed E-state index contributed by atoms with van der Waals surface area (Å²) in [4.78, 5) is 39.0. The summed E-state index contributed by atoms with van der Waals surface area (Å²) in [5.41, 5.74) is 1.50. The molecule has 7 heteroatoms. The van der Waals surface area contributed by atoms with Crippen LogP contribution in [0.5, 0.6) is 5.75 Å². The normalized spacial score (nSPS) is 17.7. The van der Waals surface area contributed by atoms with Crippen molar-refractivity contribution in [3.63, 3.8) is 0 Å². The molecule has 1 heterocycles. The number of rotatable bonds is 7. The van der Waals surface area contributed by atoms with E-state index >= 15 is 0 Å². The minimum Gasteiger partial charge on any atom is -0.482 e. The van der Waals surface area contributed by atoms with Gasteiger partial charge in [0.05, 0.1) is 5.69 Å². The number of fused-ring (bicyclic) bond motifs is 1. The second kappa shape index (κ2) is 9.29. The first-order valence-corrected chi connectivity index (χ1v) is 10.4. The monoisotopic (exact) mass is 402 g/mol. The first-order valence-electron chi connectivity index (χ1n) is 10.4. The fourth-order valence-electron chi connectivity index (χ4n) is 3.81. The number of benzene rings is 1. The zero-order valence-electron chi connectivity index (χ0n) is 17.4. The average molecular weight is 402 g/mol. The van der Waals surface area contributed by atoms with Gasteiger partial charge in [-0.25, -0.2) is 0 Å². The van der Waals surface area contributed by atoms with Crippen LogP contribution in [0, 0.1) is 12.8 Å². The predicted molar refractivity (Wildman–Crippen MR) is 109 cm³/mol. The predicted octanol–water partition coefficient (Wildman–Crippen LogP) is 2.74. The summed E-state index contributed by atoms with van der Waals surface area (Å²) < 4.78 is 11.0. The van der Waals surface area contributed by atoms with Crippen LogP contribution in [0.3, 0.4) is 0 Å². The molecule has 1 aliphatic heterocycles. The van der Waals surface area contributed by atoms with Gasteiger partial charge in [-0.05, 0) is 49.8 Å². The molecule has 1 aliphatic carbocycles. The van der Waals surface area contributed by atoms with Gasteiger partial charge >= 0.3 is 5.97 Å². The standard InChI is InChI=1S/C22H30N2O5/c1-14(2)10-19(22(27)23-16-6-4-5-7-16)29-21(26)12-24-17-11-15(3)8-9-18(17)28-13-20(24)25/h8-9,11,14,16,19H,4-7,10,12-13H2,1-3H3,(H,23,27)/t19-/m0/s1. The van der Waals surface area contributed by atoms with Gasteiger partial charge in [0, 0.05) is 6.04 Å². The zero-order valence-corrected chi connectivity index (χ0v) is 17.4. The SMILES string of the molecule is Cc1ccc2c(c1)N(CC(=O)O[C@@H](CC(C)C)C(=O)NC1CCCC1)C(=O)CO2. The molecule has 1 fully saturated rings. The van der Waals surface area contributed by atoms with Crippen molar-refractivity contribution in [2.45, 2.75) is 65.0 Å². The third-order valence-electron chi connectivity index (χ3n) is 5.30. The van der Waals surface area contributed by atoms with E-state index in [4.69, 9.17) is 9.47 Å². The van der Waals surface area contributed by atoms with E-state index in [1.165, 1.54) is 4.90 Å². The molecule has 3 rings (SSSR count). The van der Waals surface area contributed by atoms with Gasteiger partial charge in [0.15, 0.2) is 12.7 Å². The lowest BCUT2D eigenvalue weighted by Crippen LogP contribution is -2.46. The highest BCUT2D eigenvalue weighted by Gasteiger charge is 2.31. The molecule has 1 saturated carbocycles. The van der Waals surface area contributed by atoms with Crippen molar-refractivity contribution in [1.29, 1.82) is 0 Å². The van der Waals surface area contributed by atoms with Gasteiger partial charge in [0.2, 0.25) is 0 Å². The van der Waals surface area contributed by atoms with Crippen LogP contribution in [0.1, 0.15) is 51.5 Å². The molecule has 1 aromatic carbocycles. The van der Waals surface area contributed by atoms with Gasteiger partial charge in [-0.2, -0.15) is 0 Å². The van der Waals surface area contributed by atoms with Gasteiger partial charge < -0.3 is 14.8 Å². The van der Waals surface area contributed by atoms with E-state index in [2.05, 4.69) is 5.32 Å². The van der Waals surface area contributed by atoms with Crippen LogP contribution in [0.25, 0.3) is 0 Å². The Labute approximate surface area is 171 Å². The molecule has 1 N–H and O–H groups in total. The Bertz CT molecular complexity index is 770. The van der Waals surface area contributed by atoms with E-state index in [1.54, 1.807) is 12.1 Å². The summed E-state index contributed by atoms with van der Waals surface area (Å²) in [5.74, 6) is -0.407. The molecule has 1 aromatic rings. The van der Waals surface area contributed by atoms with Crippen molar-refractivity contribution in [3.8, 4) is 5.75 Å². The molecule has 1 atom stereocenters. The van der Waals surface area contributed by atoms with Crippen molar-refractivity contribution in [3.05, 3.63) is 23.8 Å². The molecular weight excluding hydrogens is 372 g/mol. The molecule has 0 unspecified atom stereocenters. The molecule has 7 nitrogen and oxygen atoms in total. The van der Waals surface area contributed by atoms with Gasteiger partial charge in [-0.15, -0.1) is 0 Å². The number of anilines is 1. The minimum absolute atomic E-state index is 0.124. The second-order valence-corrected chi connectivity index (χ2v) is 8.34. The van der Waals surface area contributed by atoms with E-state index in [0.29, 0.717) is 17.9 Å². The molecule has 29 heavy (non-hydrogen) atoms. The molecule has 0 spiro atoms. The Morgan fingerprint density at radius 3 is 2.69 bits per heavy atom. The van der Waals surface area contributed by atoms with Crippen molar-refractivity contribution in [2.75, 3.05) is 18.1 Å². The van der Waals surface area contributed by atoms with E-state index in [0.717, 1.165) is 31.2 Å². The van der Waals surface area contributed by atoms with Crippen LogP contribution in [-0.4, -0.2) is 43.1 Å². The van der Waals surface area contributed by atoms with Gasteiger partial charge in [0.25, 0.3) is 11.8 Å². The number of nitrogens with one attached hydrogen (secondary N) is 1. The number of hydrogen-bond acceptors (Lipinski definition) is 5. The summed E-state index contributed by atoms with van der Waals surface area (Å²) in [6.07, 6.45) is 3.74. The largest absolute Gasteiger partial charge is 0.482 e. The highest BCUT2D eigenvalue weighted by molar-refractivity contribution is 6.01. The lowest BCUT2D eigenvalue weighted by Gasteiger charge is -2.29. The van der Waals surface area contributed by atoms with E-state index in [-0.39, 0.29) is 36.9 Å². The summed E-state index contributed by atoms with van der Waals surface area (Å²) in [5, 5.41) is 3.01. The fourth-order valence-corrected chi connectivity index (χ4v) is 3.81. The number of esters is 1. The third-order valence-corrected chi connectivity index (χ3v) is 5.30. The number of aryl methyl sites for hydroxylation is 1.